The van der Waals surface area contributed by atoms with E-state index in [1.54, 1.807) is 13.8 Å². The number of aliphatic hydroxyl groups is 1. The van der Waals surface area contributed by atoms with Crippen LogP contribution in [0.15, 0.2) is 65.7 Å². The van der Waals surface area contributed by atoms with Gasteiger partial charge in [0.1, 0.15) is 30.2 Å². The average molecular weight is 804 g/mol. The van der Waals surface area contributed by atoms with Gasteiger partial charge < -0.3 is 37.0 Å². The Balaban J connectivity index is 2.17. The van der Waals surface area contributed by atoms with Crippen molar-refractivity contribution in [2.24, 2.45) is 28.7 Å². The molecular formula is C44H65N7O7. The van der Waals surface area contributed by atoms with Crippen molar-refractivity contribution in [3.63, 3.8) is 0 Å². The van der Waals surface area contributed by atoms with Crippen LogP contribution in [0.25, 0.3) is 0 Å². The second-order valence-electron chi connectivity index (χ2n) is 16.9. The van der Waals surface area contributed by atoms with Gasteiger partial charge in [-0.25, -0.2) is 0 Å². The molecule has 0 aromatic heterocycles. The normalized spacial score (nSPS) is 25.3. The summed E-state index contributed by atoms with van der Waals surface area (Å²) in [5, 5.41) is 27.8. The highest BCUT2D eigenvalue weighted by Crippen LogP contribution is 2.14. The second kappa shape index (κ2) is 22.7. The first-order valence-electron chi connectivity index (χ1n) is 20.5. The molecule has 14 heteroatoms. The molecule has 2 aromatic rings. The summed E-state index contributed by atoms with van der Waals surface area (Å²) in [5.41, 5.74) is 1.53. The Hall–Kier alpha value is -5.11. The first-order chi connectivity index (χ1) is 27.4. The minimum Gasteiger partial charge on any atom is -0.391 e. The molecule has 0 fully saturated rings. The maximum atomic E-state index is 14.2. The van der Waals surface area contributed by atoms with E-state index in [9.17, 15) is 33.9 Å². The molecule has 8 atom stereocenters. The largest absolute Gasteiger partial charge is 0.391 e. The fourth-order valence-electron chi connectivity index (χ4n) is 6.61. The van der Waals surface area contributed by atoms with Crippen LogP contribution in [0, 0.1) is 23.7 Å². The van der Waals surface area contributed by atoms with Crippen LogP contribution in [0.3, 0.4) is 0 Å². The summed E-state index contributed by atoms with van der Waals surface area (Å²) in [6, 6.07) is 10.7. The van der Waals surface area contributed by atoms with Gasteiger partial charge in [0, 0.05) is 19.1 Å². The minimum absolute atomic E-state index is 0.0510. The molecule has 14 nitrogen and oxygen atoms in total. The molecule has 6 amide bonds. The van der Waals surface area contributed by atoms with Crippen molar-refractivity contribution in [1.29, 1.82) is 0 Å². The van der Waals surface area contributed by atoms with Crippen LogP contribution in [0.4, 0.5) is 0 Å². The lowest BCUT2D eigenvalue weighted by atomic mass is 9.98. The van der Waals surface area contributed by atoms with Gasteiger partial charge in [0.05, 0.1) is 12.1 Å². The van der Waals surface area contributed by atoms with Crippen molar-refractivity contribution in [2.45, 2.75) is 136 Å². The highest BCUT2D eigenvalue weighted by atomic mass is 16.3. The van der Waals surface area contributed by atoms with Crippen molar-refractivity contribution < 1.29 is 33.9 Å². The van der Waals surface area contributed by atoms with E-state index in [2.05, 4.69) is 36.9 Å². The smallest absolute Gasteiger partial charge is 0.248 e. The standard InChI is InChI=1S/C44H65N7O7/c1-25(2)20-32-39(53)47-35(23-31-18-14-11-15-19-31)42(56)51-37(28(7)8)43(57)49-34(22-30-16-12-10-13-17-30)41(55)50-36(27(5)6)24-45-38(29(9)52)44(58)48-33(21-26(3)4)40(54)46-32/h10-19,24-29,32-38,52H,20-23H2,1-9H3,(H,46,54)(H,47,53)(H,48,58)(H,49,57)(H,50,55)(H,51,56). The molecule has 8 unspecified atom stereocenters. The third-order valence-corrected chi connectivity index (χ3v) is 9.92. The fraction of sp³-hybridized carbons (Fsp3) is 0.568. The summed E-state index contributed by atoms with van der Waals surface area (Å²) >= 11 is 0. The van der Waals surface area contributed by atoms with E-state index >= 15 is 0 Å². The number of hydrogen-bond acceptors (Lipinski definition) is 8. The van der Waals surface area contributed by atoms with E-state index in [1.165, 1.54) is 13.1 Å². The number of amides is 6. The SMILES string of the molecule is CC(C)CC1NC(=O)C(CC(C)C)NC(=O)C(C(C)O)N=CC(C(C)C)NC(=O)C(Cc2ccccc2)NC(=O)C(C(C)C)NC(=O)C(Cc2ccccc2)NC1=O. The van der Waals surface area contributed by atoms with Gasteiger partial charge in [-0.05, 0) is 54.6 Å². The van der Waals surface area contributed by atoms with Crippen LogP contribution in [0.2, 0.25) is 0 Å². The Morgan fingerprint density at radius 2 is 0.897 bits per heavy atom. The predicted molar refractivity (Wildman–Crippen MR) is 224 cm³/mol. The Bertz CT molecular complexity index is 1700. The molecule has 0 saturated heterocycles. The Labute approximate surface area is 343 Å². The Morgan fingerprint density at radius 3 is 1.31 bits per heavy atom. The van der Waals surface area contributed by atoms with Gasteiger partial charge in [0.15, 0.2) is 6.04 Å². The first-order valence-corrected chi connectivity index (χ1v) is 20.5. The number of carbonyl (C=O) groups excluding carboxylic acids is 6. The number of hydrogen-bond donors (Lipinski definition) is 7. The third kappa shape index (κ3) is 15.0. The molecule has 58 heavy (non-hydrogen) atoms. The van der Waals surface area contributed by atoms with Crippen LogP contribution in [-0.2, 0) is 41.6 Å². The van der Waals surface area contributed by atoms with Crippen molar-refractivity contribution in [3.05, 3.63) is 71.8 Å². The topological polar surface area (TPSA) is 207 Å². The third-order valence-electron chi connectivity index (χ3n) is 9.92. The monoisotopic (exact) mass is 803 g/mol. The summed E-state index contributed by atoms with van der Waals surface area (Å²) in [5.74, 6) is -4.46. The molecule has 0 saturated carbocycles. The first kappa shape index (κ1) is 47.3. The molecule has 0 bridgehead atoms. The number of nitrogens with zero attached hydrogens (tertiary/aromatic N) is 1. The zero-order valence-corrected chi connectivity index (χ0v) is 35.5. The summed E-state index contributed by atoms with van der Waals surface area (Å²) in [6.07, 6.45) is 0.767. The minimum atomic E-state index is -1.34. The predicted octanol–water partition coefficient (Wildman–Crippen LogP) is 2.62. The van der Waals surface area contributed by atoms with Gasteiger partial charge >= 0.3 is 0 Å². The van der Waals surface area contributed by atoms with Crippen LogP contribution in [0.1, 0.15) is 86.3 Å². The van der Waals surface area contributed by atoms with Gasteiger partial charge in [0.25, 0.3) is 0 Å². The van der Waals surface area contributed by atoms with Gasteiger partial charge in [0.2, 0.25) is 35.4 Å². The molecule has 1 heterocycles. The molecule has 0 radical (unpaired) electrons. The molecule has 318 valence electrons. The number of benzene rings is 2. The lowest BCUT2D eigenvalue weighted by Crippen LogP contribution is -2.61. The van der Waals surface area contributed by atoms with Gasteiger partial charge in [-0.1, -0.05) is 116 Å². The molecule has 1 aliphatic rings. The zero-order chi connectivity index (χ0) is 43.1. The van der Waals surface area contributed by atoms with Crippen LogP contribution < -0.4 is 31.9 Å². The fourth-order valence-corrected chi connectivity index (χ4v) is 6.61. The maximum absolute atomic E-state index is 14.2. The summed E-state index contributed by atoms with van der Waals surface area (Å²) in [6.45, 7) is 16.2. The highest BCUT2D eigenvalue weighted by molar-refractivity contribution is 5.97. The van der Waals surface area contributed by atoms with Gasteiger partial charge in [-0.2, -0.15) is 0 Å². The van der Waals surface area contributed by atoms with Crippen molar-refractivity contribution in [1.82, 2.24) is 31.9 Å². The Morgan fingerprint density at radius 1 is 0.500 bits per heavy atom. The molecule has 7 N–H and O–H groups in total. The van der Waals surface area contributed by atoms with Crippen molar-refractivity contribution in [3.8, 4) is 0 Å². The number of aliphatic hydroxyl groups excluding tert-OH is 1. The molecule has 2 aromatic carbocycles. The van der Waals surface area contributed by atoms with Crippen molar-refractivity contribution >= 4 is 41.7 Å². The molecule has 1 aliphatic heterocycles. The van der Waals surface area contributed by atoms with Crippen LogP contribution in [0.5, 0.6) is 0 Å². The number of nitrogens with one attached hydrogen (secondary N) is 6. The molecule has 0 aliphatic carbocycles. The average Bonchev–Trinajstić information content (AvgIpc) is 3.14. The summed E-state index contributed by atoms with van der Waals surface area (Å²) in [7, 11) is 0. The van der Waals surface area contributed by atoms with Gasteiger partial charge in [-0.3, -0.25) is 33.8 Å². The van der Waals surface area contributed by atoms with E-state index in [-0.39, 0.29) is 43.4 Å². The highest BCUT2D eigenvalue weighted by Gasteiger charge is 2.36. The molecular weight excluding hydrogens is 739 g/mol. The summed E-state index contributed by atoms with van der Waals surface area (Å²) < 4.78 is 0. The number of aliphatic imine (C=N–C) groups is 1. The van der Waals surface area contributed by atoms with Crippen LogP contribution in [-0.4, -0.2) is 95.2 Å². The summed E-state index contributed by atoms with van der Waals surface area (Å²) in [4.78, 5) is 88.8. The molecule has 3 rings (SSSR count). The zero-order valence-electron chi connectivity index (χ0n) is 35.5. The number of rotatable bonds is 11. The molecule has 0 spiro atoms. The van der Waals surface area contributed by atoms with Crippen molar-refractivity contribution in [2.75, 3.05) is 0 Å². The van der Waals surface area contributed by atoms with E-state index < -0.39 is 89.8 Å². The maximum Gasteiger partial charge on any atom is 0.248 e. The van der Waals surface area contributed by atoms with Crippen LogP contribution >= 0.6 is 0 Å². The quantitative estimate of drug-likeness (QED) is 0.181. The number of carbonyl (C=O) groups is 6. The van der Waals surface area contributed by atoms with E-state index in [0.717, 1.165) is 11.1 Å². The van der Waals surface area contributed by atoms with E-state index in [1.807, 2.05) is 102 Å². The van der Waals surface area contributed by atoms with E-state index in [4.69, 9.17) is 0 Å². The Kier molecular flexibility index (Phi) is 18.5. The van der Waals surface area contributed by atoms with E-state index in [0.29, 0.717) is 0 Å². The lowest BCUT2D eigenvalue weighted by molar-refractivity contribution is -0.136. The van der Waals surface area contributed by atoms with Gasteiger partial charge in [-0.15, -0.1) is 0 Å². The lowest BCUT2D eigenvalue weighted by Gasteiger charge is -2.29. The second-order valence-corrected chi connectivity index (χ2v) is 16.9.